The van der Waals surface area contributed by atoms with E-state index in [-0.39, 0.29) is 42.0 Å². The first-order chi connectivity index (χ1) is 10.8. The Morgan fingerprint density at radius 1 is 1.50 bits per heavy atom. The van der Waals surface area contributed by atoms with Crippen LogP contribution in [0, 0.1) is 5.92 Å². The zero-order valence-electron chi connectivity index (χ0n) is 13.3. The Balaban J connectivity index is 0.00000288. The summed E-state index contributed by atoms with van der Waals surface area (Å²) in [6.07, 6.45) is 0.526. The zero-order valence-corrected chi connectivity index (χ0v) is 14.1. The van der Waals surface area contributed by atoms with E-state index in [1.54, 1.807) is 13.8 Å². The molecule has 0 saturated heterocycles. The van der Waals surface area contributed by atoms with E-state index >= 15 is 0 Å². The fraction of sp³-hybridized carbons (Fsp3) is 0.538. The van der Waals surface area contributed by atoms with Gasteiger partial charge in [-0.3, -0.25) is 14.6 Å². The van der Waals surface area contributed by atoms with E-state index in [0.717, 1.165) is 0 Å². The van der Waals surface area contributed by atoms with Crippen LogP contribution in [0.1, 0.15) is 13.8 Å². The van der Waals surface area contributed by atoms with E-state index in [4.69, 9.17) is 16.2 Å². The summed E-state index contributed by atoms with van der Waals surface area (Å²) >= 11 is 0. The number of rotatable bonds is 6. The molecule has 134 valence electrons. The molecule has 0 aromatic carbocycles. The Hall–Kier alpha value is -2.17. The number of anilines is 1. The van der Waals surface area contributed by atoms with E-state index in [2.05, 4.69) is 15.0 Å². The second-order valence-corrected chi connectivity index (χ2v) is 5.53. The first-order valence-electron chi connectivity index (χ1n) is 7.11. The molecule has 0 bridgehead atoms. The van der Waals surface area contributed by atoms with Gasteiger partial charge in [-0.05, 0) is 5.92 Å². The molecule has 2 aromatic heterocycles. The monoisotopic (exact) mass is 360 g/mol. The molecule has 2 rings (SSSR count). The van der Waals surface area contributed by atoms with Crippen LogP contribution in [0.15, 0.2) is 11.1 Å². The molecule has 0 spiro atoms. The van der Waals surface area contributed by atoms with Gasteiger partial charge in [0.25, 0.3) is 5.56 Å². The number of nitrogens with zero attached hydrogens (tertiary/aromatic N) is 3. The predicted octanol–water partition coefficient (Wildman–Crippen LogP) is -0.989. The molecule has 0 aliphatic rings. The number of carbonyl (C=O) groups is 1. The van der Waals surface area contributed by atoms with Gasteiger partial charge in [0, 0.05) is 0 Å². The number of aromatic nitrogens is 4. The van der Waals surface area contributed by atoms with E-state index in [1.165, 1.54) is 10.9 Å². The molecule has 24 heavy (non-hydrogen) atoms. The number of ether oxygens (including phenoxy) is 1. The Morgan fingerprint density at radius 3 is 2.75 bits per heavy atom. The van der Waals surface area contributed by atoms with Crippen molar-refractivity contribution >= 4 is 35.5 Å². The minimum absolute atomic E-state index is 0. The van der Waals surface area contributed by atoms with Crippen LogP contribution in [0.4, 0.5) is 5.95 Å². The highest BCUT2D eigenvalue weighted by molar-refractivity contribution is 5.85. The average Bonchev–Trinajstić information content (AvgIpc) is 2.88. The van der Waals surface area contributed by atoms with Crippen molar-refractivity contribution in [1.82, 2.24) is 19.5 Å². The highest BCUT2D eigenvalue weighted by atomic mass is 35.5. The minimum Gasteiger partial charge on any atom is -0.457 e. The van der Waals surface area contributed by atoms with Crippen LogP contribution in [0.25, 0.3) is 11.2 Å². The van der Waals surface area contributed by atoms with Gasteiger partial charge in [0.2, 0.25) is 5.95 Å². The summed E-state index contributed by atoms with van der Waals surface area (Å²) in [5, 5.41) is 9.41. The molecule has 0 fully saturated rings. The number of aliphatic hydroxyl groups excluding tert-OH is 1. The van der Waals surface area contributed by atoms with Crippen molar-refractivity contribution in [2.24, 2.45) is 11.7 Å². The molecule has 10 nitrogen and oxygen atoms in total. The number of esters is 1. The number of nitrogen functional groups attached to an aromatic ring is 1. The summed E-state index contributed by atoms with van der Waals surface area (Å²) in [4.78, 5) is 33.9. The molecule has 2 heterocycles. The zero-order chi connectivity index (χ0) is 17.1. The quantitative estimate of drug-likeness (QED) is 0.477. The molecule has 11 heteroatoms. The van der Waals surface area contributed by atoms with Crippen molar-refractivity contribution in [3.05, 3.63) is 16.7 Å². The van der Waals surface area contributed by atoms with Crippen LogP contribution in [-0.2, 0) is 16.1 Å². The average molecular weight is 361 g/mol. The maximum atomic E-state index is 11.9. The number of halogens is 1. The number of nitrogens with one attached hydrogen (secondary N) is 1. The minimum atomic E-state index is -0.841. The van der Waals surface area contributed by atoms with E-state index in [9.17, 15) is 14.7 Å². The number of H-pyrrole nitrogens is 1. The van der Waals surface area contributed by atoms with Crippen LogP contribution < -0.4 is 17.0 Å². The van der Waals surface area contributed by atoms with Gasteiger partial charge < -0.3 is 25.9 Å². The Morgan fingerprint density at radius 2 is 2.17 bits per heavy atom. The maximum absolute atomic E-state index is 11.9. The van der Waals surface area contributed by atoms with Crippen molar-refractivity contribution in [1.29, 1.82) is 0 Å². The van der Waals surface area contributed by atoms with Crippen molar-refractivity contribution in [2.45, 2.75) is 32.5 Å². The summed E-state index contributed by atoms with van der Waals surface area (Å²) in [5.41, 5.74) is 11.1. The number of hydrogen-bond donors (Lipinski definition) is 4. The SMILES string of the molecule is CC(C)[C@H](N)C(=O)OC(CO)Cn1cnc2c(=O)[nH]c(N)nc21.Cl. The lowest BCUT2D eigenvalue weighted by atomic mass is 10.1. The summed E-state index contributed by atoms with van der Waals surface area (Å²) in [6, 6.07) is -0.778. The fourth-order valence-electron chi connectivity index (χ4n) is 1.97. The van der Waals surface area contributed by atoms with Gasteiger partial charge in [-0.25, -0.2) is 4.98 Å². The van der Waals surface area contributed by atoms with Crippen molar-refractivity contribution in [2.75, 3.05) is 12.3 Å². The predicted molar refractivity (Wildman–Crippen MR) is 89.6 cm³/mol. The first-order valence-corrected chi connectivity index (χ1v) is 7.11. The topological polar surface area (TPSA) is 162 Å². The standard InChI is InChI=1S/C13H20N6O4.ClH/c1-6(2)8(14)12(22)23-7(4-20)3-19-5-16-9-10(19)17-13(15)18-11(9)21;/h5-8,20H,3-4,14H2,1-2H3,(H3,15,17,18,21);1H/t7?,8-;/m0./s1. The van der Waals surface area contributed by atoms with Gasteiger partial charge in [-0.1, -0.05) is 13.8 Å². The number of aromatic amines is 1. The molecule has 0 aliphatic heterocycles. The van der Waals surface area contributed by atoms with Gasteiger partial charge in [-0.15, -0.1) is 12.4 Å². The number of hydrogen-bond acceptors (Lipinski definition) is 8. The molecule has 0 amide bonds. The van der Waals surface area contributed by atoms with Crippen LogP contribution in [0.5, 0.6) is 0 Å². The number of nitrogens with two attached hydrogens (primary N) is 2. The van der Waals surface area contributed by atoms with Crippen molar-refractivity contribution < 1.29 is 14.6 Å². The lowest BCUT2D eigenvalue weighted by Crippen LogP contribution is -2.40. The fourth-order valence-corrected chi connectivity index (χ4v) is 1.97. The highest BCUT2D eigenvalue weighted by Crippen LogP contribution is 2.10. The third-order valence-electron chi connectivity index (χ3n) is 3.37. The Kier molecular flexibility index (Phi) is 6.70. The van der Waals surface area contributed by atoms with Gasteiger partial charge in [-0.2, -0.15) is 4.98 Å². The summed E-state index contributed by atoms with van der Waals surface area (Å²) in [5.74, 6) is -0.742. The molecule has 0 radical (unpaired) electrons. The van der Waals surface area contributed by atoms with Crippen LogP contribution in [0.3, 0.4) is 0 Å². The van der Waals surface area contributed by atoms with Gasteiger partial charge >= 0.3 is 5.97 Å². The number of fused-ring (bicyclic) bond motifs is 1. The molecule has 2 aromatic rings. The number of carbonyl (C=O) groups excluding carboxylic acids is 1. The maximum Gasteiger partial charge on any atom is 0.323 e. The number of imidazole rings is 1. The summed E-state index contributed by atoms with van der Waals surface area (Å²) < 4.78 is 6.68. The van der Waals surface area contributed by atoms with Gasteiger partial charge in [0.05, 0.1) is 19.5 Å². The number of aliphatic hydroxyl groups is 1. The smallest absolute Gasteiger partial charge is 0.323 e. The largest absolute Gasteiger partial charge is 0.457 e. The first kappa shape index (κ1) is 19.9. The molecule has 6 N–H and O–H groups in total. The van der Waals surface area contributed by atoms with Crippen LogP contribution in [0.2, 0.25) is 0 Å². The Labute approximate surface area is 143 Å². The molecular weight excluding hydrogens is 340 g/mol. The second kappa shape index (κ2) is 8.08. The third-order valence-corrected chi connectivity index (χ3v) is 3.37. The van der Waals surface area contributed by atoms with Crippen LogP contribution >= 0.6 is 12.4 Å². The molecule has 0 saturated carbocycles. The van der Waals surface area contributed by atoms with Gasteiger partial charge in [0.15, 0.2) is 11.2 Å². The molecule has 2 atom stereocenters. The Bertz CT molecular complexity index is 758. The van der Waals surface area contributed by atoms with Crippen LogP contribution in [-0.4, -0.2) is 49.3 Å². The van der Waals surface area contributed by atoms with E-state index in [0.29, 0.717) is 0 Å². The normalized spacial score (nSPS) is 13.5. The third kappa shape index (κ3) is 4.22. The molecule has 1 unspecified atom stereocenters. The molecule has 0 aliphatic carbocycles. The van der Waals surface area contributed by atoms with E-state index < -0.39 is 30.3 Å². The van der Waals surface area contributed by atoms with E-state index in [1.807, 2.05) is 0 Å². The lowest BCUT2D eigenvalue weighted by Gasteiger charge is -2.20. The second-order valence-electron chi connectivity index (χ2n) is 5.53. The summed E-state index contributed by atoms with van der Waals surface area (Å²) in [7, 11) is 0. The van der Waals surface area contributed by atoms with Crippen molar-refractivity contribution in [3.8, 4) is 0 Å². The molecular formula is C13H21ClN6O4. The lowest BCUT2D eigenvalue weighted by molar-refractivity contribution is -0.154. The summed E-state index contributed by atoms with van der Waals surface area (Å²) in [6.45, 7) is 3.25. The van der Waals surface area contributed by atoms with Crippen molar-refractivity contribution in [3.63, 3.8) is 0 Å². The van der Waals surface area contributed by atoms with Gasteiger partial charge in [0.1, 0.15) is 12.1 Å². The highest BCUT2D eigenvalue weighted by Gasteiger charge is 2.23.